The maximum atomic E-state index is 12.7. The van der Waals surface area contributed by atoms with Crippen LogP contribution in [0.3, 0.4) is 0 Å². The number of carbonyl (C=O) groups excluding carboxylic acids is 1. The lowest BCUT2D eigenvalue weighted by Crippen LogP contribution is -2.15. The van der Waals surface area contributed by atoms with Gasteiger partial charge in [-0.05, 0) is 61.7 Å². The number of hydrogen-bond donors (Lipinski definition) is 6. The lowest BCUT2D eigenvalue weighted by molar-refractivity contribution is -0.114. The van der Waals surface area contributed by atoms with Gasteiger partial charge in [0.2, 0.25) is 17.3 Å². The van der Waals surface area contributed by atoms with E-state index < -0.39 is 49.6 Å². The third kappa shape index (κ3) is 4.06. The van der Waals surface area contributed by atoms with Gasteiger partial charge in [-0.3, -0.25) is 9.35 Å². The first-order valence-electron chi connectivity index (χ1n) is 8.15. The number of phenolic OH excluding ortho intramolecular Hbond substituents is 3. The summed E-state index contributed by atoms with van der Waals surface area (Å²) in [5.74, 6) is -5.10. The predicted octanol–water partition coefficient (Wildman–Crippen LogP) is 3.80. The molecule has 1 aliphatic rings. The molecule has 6 N–H and O–H groups in total. The van der Waals surface area contributed by atoms with E-state index >= 15 is 0 Å². The molecule has 0 unspecified atom stereocenters. The van der Waals surface area contributed by atoms with Crippen LogP contribution in [0, 0.1) is 0 Å². The minimum absolute atomic E-state index is 0.0422. The van der Waals surface area contributed by atoms with Crippen molar-refractivity contribution in [3.05, 3.63) is 73.6 Å². The number of benzene rings is 2. The van der Waals surface area contributed by atoms with E-state index in [1.807, 2.05) is 0 Å². The monoisotopic (exact) mass is 574 g/mol. The van der Waals surface area contributed by atoms with E-state index in [0.717, 1.165) is 18.2 Å². The number of rotatable bonds is 3. The Morgan fingerprint density at radius 1 is 0.839 bits per heavy atom. The molecule has 0 heterocycles. The minimum atomic E-state index is -4.51. The first kappa shape index (κ1) is 22.9. The van der Waals surface area contributed by atoms with Crippen LogP contribution in [0.15, 0.2) is 67.3 Å². The Morgan fingerprint density at radius 2 is 1.42 bits per heavy atom. The molecule has 0 aromatic heterocycles. The second-order valence-electron chi connectivity index (χ2n) is 6.26. The van der Waals surface area contributed by atoms with E-state index in [1.54, 1.807) is 0 Å². The highest BCUT2D eigenvalue weighted by Crippen LogP contribution is 2.48. The van der Waals surface area contributed by atoms with Crippen molar-refractivity contribution in [3.8, 4) is 17.2 Å². The topological polar surface area (TPSA) is 173 Å². The van der Waals surface area contributed by atoms with Gasteiger partial charge in [0.15, 0.2) is 17.3 Å². The van der Waals surface area contributed by atoms with Crippen molar-refractivity contribution in [2.45, 2.75) is 4.90 Å². The SMILES string of the molecule is O=C1C(O)=C(O)C(Br)=C/C1=C(/c1ccc(S(=O)(=O)O)cc1)c1cc(Br)c(O)c(O)c1O. The van der Waals surface area contributed by atoms with E-state index in [2.05, 4.69) is 31.9 Å². The van der Waals surface area contributed by atoms with Crippen molar-refractivity contribution in [3.63, 3.8) is 0 Å². The summed E-state index contributed by atoms with van der Waals surface area (Å²) in [4.78, 5) is 12.3. The van der Waals surface area contributed by atoms with Gasteiger partial charge < -0.3 is 25.5 Å². The van der Waals surface area contributed by atoms with Crippen LogP contribution in [-0.4, -0.2) is 44.3 Å². The Kier molecular flexibility index (Phi) is 5.93. The Labute approximate surface area is 191 Å². The van der Waals surface area contributed by atoms with Crippen LogP contribution in [0.25, 0.3) is 5.57 Å². The molecule has 0 saturated heterocycles. The molecule has 1 aliphatic carbocycles. The fourth-order valence-corrected chi connectivity index (χ4v) is 4.16. The van der Waals surface area contributed by atoms with Gasteiger partial charge in [-0.1, -0.05) is 12.1 Å². The maximum absolute atomic E-state index is 12.7. The Balaban J connectivity index is 2.42. The number of phenols is 3. The van der Waals surface area contributed by atoms with Gasteiger partial charge >= 0.3 is 0 Å². The molecule has 2 aromatic carbocycles. The summed E-state index contributed by atoms with van der Waals surface area (Å²) in [6.45, 7) is 0. The van der Waals surface area contributed by atoms with Crippen molar-refractivity contribution < 1.29 is 43.3 Å². The van der Waals surface area contributed by atoms with Crippen LogP contribution < -0.4 is 0 Å². The van der Waals surface area contributed by atoms with Crippen molar-refractivity contribution in [2.75, 3.05) is 0 Å². The summed E-state index contributed by atoms with van der Waals surface area (Å²) in [7, 11) is -4.51. The Hall–Kier alpha value is -2.80. The number of hydrogen-bond acceptors (Lipinski definition) is 8. The lowest BCUT2D eigenvalue weighted by Gasteiger charge is -2.19. The molecule has 0 spiro atoms. The van der Waals surface area contributed by atoms with Crippen LogP contribution in [0.4, 0.5) is 0 Å². The highest BCUT2D eigenvalue weighted by Gasteiger charge is 2.30. The zero-order valence-electron chi connectivity index (χ0n) is 15.0. The van der Waals surface area contributed by atoms with Crippen LogP contribution in [-0.2, 0) is 14.9 Å². The van der Waals surface area contributed by atoms with Crippen LogP contribution in [0.5, 0.6) is 17.2 Å². The molecule has 162 valence electrons. The fraction of sp³-hybridized carbons (Fsp3) is 0. The summed E-state index contributed by atoms with van der Waals surface area (Å²) in [6, 6.07) is 5.70. The van der Waals surface area contributed by atoms with E-state index in [1.165, 1.54) is 18.2 Å². The molecule has 0 aliphatic heterocycles. The highest BCUT2D eigenvalue weighted by molar-refractivity contribution is 9.12. The molecule has 0 fully saturated rings. The van der Waals surface area contributed by atoms with Gasteiger partial charge in [-0.15, -0.1) is 0 Å². The quantitative estimate of drug-likeness (QED) is 0.181. The average Bonchev–Trinajstić information content (AvgIpc) is 2.72. The van der Waals surface area contributed by atoms with Crippen molar-refractivity contribution in [1.82, 2.24) is 0 Å². The standard InChI is InChI=1S/C19H12Br2O9S/c20-11-5-9(14(22)18(26)16(11)24)13(7-1-3-8(4-2-7)31(28,29)30)10-6-12(21)17(25)19(27)15(10)23/h1-6,22,24-27H,(H,28,29,30)/b13-10+. The van der Waals surface area contributed by atoms with Gasteiger partial charge in [0.1, 0.15) is 0 Å². The van der Waals surface area contributed by atoms with Crippen molar-refractivity contribution in [2.24, 2.45) is 0 Å². The van der Waals surface area contributed by atoms with Crippen LogP contribution >= 0.6 is 31.9 Å². The van der Waals surface area contributed by atoms with E-state index in [0.29, 0.717) is 0 Å². The second kappa shape index (κ2) is 8.04. The molecule has 3 rings (SSSR count). The first-order chi connectivity index (χ1) is 14.3. The molecule has 9 nitrogen and oxygen atoms in total. The first-order valence-corrected chi connectivity index (χ1v) is 11.2. The Morgan fingerprint density at radius 3 is 1.97 bits per heavy atom. The van der Waals surface area contributed by atoms with Crippen LogP contribution in [0.1, 0.15) is 11.1 Å². The normalized spacial score (nSPS) is 16.4. The van der Waals surface area contributed by atoms with Gasteiger partial charge in [0.05, 0.1) is 13.9 Å². The predicted molar refractivity (Wildman–Crippen MR) is 116 cm³/mol. The summed E-state index contributed by atoms with van der Waals surface area (Å²) >= 11 is 6.02. The third-order valence-electron chi connectivity index (χ3n) is 4.36. The zero-order chi connectivity index (χ0) is 23.2. The van der Waals surface area contributed by atoms with Crippen molar-refractivity contribution in [1.29, 1.82) is 0 Å². The number of allylic oxidation sites excluding steroid dienone is 3. The van der Waals surface area contributed by atoms with E-state index in [9.17, 15) is 43.3 Å². The molecule has 0 saturated carbocycles. The van der Waals surface area contributed by atoms with Crippen LogP contribution in [0.2, 0.25) is 0 Å². The molecular formula is C19H12Br2O9S. The largest absolute Gasteiger partial charge is 0.504 e. The fourth-order valence-electron chi connectivity index (χ4n) is 2.85. The van der Waals surface area contributed by atoms with Gasteiger partial charge in [-0.25, -0.2) is 0 Å². The van der Waals surface area contributed by atoms with E-state index in [-0.39, 0.29) is 31.2 Å². The average molecular weight is 576 g/mol. The number of aromatic hydroxyl groups is 3. The molecular weight excluding hydrogens is 564 g/mol. The van der Waals surface area contributed by atoms with Crippen molar-refractivity contribution >= 4 is 53.3 Å². The number of halogens is 2. The number of Topliss-reactive ketones (excluding diaryl/α,β-unsaturated/α-hetero) is 1. The molecule has 31 heavy (non-hydrogen) atoms. The summed E-state index contributed by atoms with van der Waals surface area (Å²) in [6.07, 6.45) is 1.15. The summed E-state index contributed by atoms with van der Waals surface area (Å²) < 4.78 is 31.8. The Bertz CT molecular complexity index is 1320. The summed E-state index contributed by atoms with van der Waals surface area (Å²) in [5.41, 5.74) is -0.366. The summed E-state index contributed by atoms with van der Waals surface area (Å²) in [5, 5.41) is 50.2. The molecule has 0 radical (unpaired) electrons. The minimum Gasteiger partial charge on any atom is -0.504 e. The van der Waals surface area contributed by atoms with Gasteiger partial charge in [0, 0.05) is 16.7 Å². The third-order valence-corrected chi connectivity index (χ3v) is 6.44. The second-order valence-corrected chi connectivity index (χ2v) is 9.39. The smallest absolute Gasteiger partial charge is 0.294 e. The van der Waals surface area contributed by atoms with E-state index in [4.69, 9.17) is 0 Å². The molecule has 0 amide bonds. The molecule has 0 atom stereocenters. The number of aliphatic hydroxyl groups excluding tert-OH is 2. The molecule has 2 aromatic rings. The molecule has 12 heteroatoms. The number of aliphatic hydroxyl groups is 2. The molecule has 0 bridgehead atoms. The number of ketones is 1. The van der Waals surface area contributed by atoms with Gasteiger partial charge in [-0.2, -0.15) is 8.42 Å². The zero-order valence-corrected chi connectivity index (χ0v) is 19.0. The van der Waals surface area contributed by atoms with Gasteiger partial charge in [0.25, 0.3) is 10.1 Å². The maximum Gasteiger partial charge on any atom is 0.294 e. The highest BCUT2D eigenvalue weighted by atomic mass is 79.9. The number of carbonyl (C=O) groups is 1. The lowest BCUT2D eigenvalue weighted by atomic mass is 9.88.